The Morgan fingerprint density at radius 2 is 2.28 bits per heavy atom. The minimum Gasteiger partial charge on any atom is -0.479 e. The molecule has 18 heavy (non-hydrogen) atoms. The van der Waals surface area contributed by atoms with Gasteiger partial charge < -0.3 is 10.0 Å². The fraction of sp³-hybridized carbons (Fsp3) is 0.545. The summed E-state index contributed by atoms with van der Waals surface area (Å²) in [6, 6.07) is -0.929. The van der Waals surface area contributed by atoms with Crippen LogP contribution in [0.2, 0.25) is 0 Å². The summed E-state index contributed by atoms with van der Waals surface area (Å²) in [6.45, 7) is 7.34. The Morgan fingerprint density at radius 1 is 1.67 bits per heavy atom. The lowest BCUT2D eigenvalue weighted by Crippen LogP contribution is -2.74. The molecule has 0 aromatic rings. The molecule has 1 N–H and O–H groups in total. The van der Waals surface area contributed by atoms with Crippen LogP contribution in [0.1, 0.15) is 13.8 Å². The Kier molecular flexibility index (Phi) is 3.31. The van der Waals surface area contributed by atoms with E-state index in [-0.39, 0.29) is 11.3 Å². The molecule has 5 nitrogen and oxygen atoms in total. The number of hydrogen-bond acceptors (Lipinski definition) is 4. The van der Waals surface area contributed by atoms with Crippen molar-refractivity contribution in [2.45, 2.75) is 29.7 Å². The molecule has 2 fully saturated rings. The second kappa shape index (κ2) is 4.38. The van der Waals surface area contributed by atoms with E-state index in [0.29, 0.717) is 11.3 Å². The van der Waals surface area contributed by atoms with Crippen LogP contribution in [0.25, 0.3) is 0 Å². The molecule has 0 aromatic heterocycles. The van der Waals surface area contributed by atoms with E-state index >= 15 is 0 Å². The highest BCUT2D eigenvalue weighted by Crippen LogP contribution is 2.51. The lowest BCUT2D eigenvalue weighted by molar-refractivity contribution is -0.159. The van der Waals surface area contributed by atoms with Crippen molar-refractivity contribution < 1.29 is 14.7 Å². The number of halogens is 1. The number of hydrogen-bond donors (Lipinski definition) is 1. The molecule has 0 aliphatic carbocycles. The lowest BCUT2D eigenvalue weighted by atomic mass is 9.99. The second-order valence-corrected chi connectivity index (χ2v) is 6.78. The molecule has 0 aromatic carbocycles. The molecule has 0 bridgehead atoms. The second-order valence-electron chi connectivity index (χ2n) is 4.51. The minimum atomic E-state index is -1.04. The average Bonchev–Trinajstić information content (AvgIpc) is 2.26. The van der Waals surface area contributed by atoms with Gasteiger partial charge in [0.2, 0.25) is 4.45 Å². The van der Waals surface area contributed by atoms with Gasteiger partial charge in [0.15, 0.2) is 6.04 Å². The van der Waals surface area contributed by atoms with E-state index < -0.39 is 16.5 Å². The maximum absolute atomic E-state index is 12.2. The van der Waals surface area contributed by atoms with Crippen molar-refractivity contribution in [1.29, 1.82) is 0 Å². The minimum absolute atomic E-state index is 0.286. The molecule has 98 valence electrons. The van der Waals surface area contributed by atoms with Gasteiger partial charge in [0.25, 0.3) is 5.91 Å². The molecule has 7 heteroatoms. The molecule has 2 aliphatic heterocycles. The molecule has 0 spiro atoms. The number of aliphatic carboxylic acids is 1. The predicted molar refractivity (Wildman–Crippen MR) is 74.1 cm³/mol. The summed E-state index contributed by atoms with van der Waals surface area (Å²) < 4.78 is -1.01. The van der Waals surface area contributed by atoms with Crippen molar-refractivity contribution in [2.24, 2.45) is 4.99 Å². The maximum Gasteiger partial charge on any atom is 0.330 e. The van der Waals surface area contributed by atoms with Gasteiger partial charge in [0.05, 0.1) is 0 Å². The number of alkyl halides is 1. The number of amides is 1. The van der Waals surface area contributed by atoms with Crippen molar-refractivity contribution >= 4 is 45.3 Å². The van der Waals surface area contributed by atoms with E-state index in [1.165, 1.54) is 16.7 Å². The number of carbonyl (C=O) groups is 2. The summed E-state index contributed by atoms with van der Waals surface area (Å²) in [5, 5.41) is 8.90. The highest BCUT2D eigenvalue weighted by Gasteiger charge is 2.65. The van der Waals surface area contributed by atoms with Gasteiger partial charge in [-0.2, -0.15) is 0 Å². The van der Waals surface area contributed by atoms with Gasteiger partial charge in [0, 0.05) is 11.5 Å². The van der Waals surface area contributed by atoms with Gasteiger partial charge in [-0.25, -0.2) is 4.79 Å². The standard InChI is InChI=1S/C11H13BrN2O3S/c1-5(2)13-11(12)9(17)14-7(8(15)16)6(3)4-18-10(11)14/h7,10H,3-4H2,1-2H3,(H,15,16)/t7?,10-,11?/m0/s1. The molecule has 0 saturated carbocycles. The Labute approximate surface area is 117 Å². The number of fused-ring (bicyclic) bond motifs is 1. The van der Waals surface area contributed by atoms with Crippen molar-refractivity contribution in [2.75, 3.05) is 5.75 Å². The van der Waals surface area contributed by atoms with E-state index in [4.69, 9.17) is 0 Å². The van der Waals surface area contributed by atoms with Crippen LogP contribution in [0.5, 0.6) is 0 Å². The maximum atomic E-state index is 12.2. The third kappa shape index (κ3) is 1.80. The number of rotatable bonds is 2. The first-order valence-corrected chi connectivity index (χ1v) is 7.20. The molecule has 0 radical (unpaired) electrons. The third-order valence-electron chi connectivity index (χ3n) is 2.83. The van der Waals surface area contributed by atoms with Crippen LogP contribution < -0.4 is 0 Å². The van der Waals surface area contributed by atoms with E-state index in [1.807, 2.05) is 0 Å². The first-order valence-electron chi connectivity index (χ1n) is 5.36. The topological polar surface area (TPSA) is 70.0 Å². The number of aliphatic imine (C=N–C) groups is 1. The van der Waals surface area contributed by atoms with Gasteiger partial charge in [-0.05, 0) is 35.4 Å². The lowest BCUT2D eigenvalue weighted by Gasteiger charge is -2.55. The fourth-order valence-electron chi connectivity index (χ4n) is 2.14. The summed E-state index contributed by atoms with van der Waals surface area (Å²) in [6.07, 6.45) is 0. The summed E-state index contributed by atoms with van der Waals surface area (Å²) in [7, 11) is 0. The number of thioether (sulfide) groups is 1. The predicted octanol–water partition coefficient (Wildman–Crippen LogP) is 1.48. The zero-order valence-corrected chi connectivity index (χ0v) is 12.4. The SMILES string of the molecule is C=C1CS[C@@H]2N(C(=O)C2(Br)N=C(C)C)C1C(=O)O. The fourth-order valence-corrected chi connectivity index (χ4v) is 4.60. The van der Waals surface area contributed by atoms with Crippen LogP contribution in [-0.2, 0) is 9.59 Å². The van der Waals surface area contributed by atoms with E-state index in [1.54, 1.807) is 13.8 Å². The Bertz CT molecular complexity index is 475. The number of carbonyl (C=O) groups excluding carboxylic acids is 1. The first-order chi connectivity index (χ1) is 8.29. The highest BCUT2D eigenvalue weighted by atomic mass is 79.9. The van der Waals surface area contributed by atoms with Gasteiger partial charge >= 0.3 is 5.97 Å². The van der Waals surface area contributed by atoms with Crippen molar-refractivity contribution in [1.82, 2.24) is 4.90 Å². The zero-order valence-electron chi connectivity index (χ0n) is 10.0. The summed E-state index contributed by atoms with van der Waals surface area (Å²) >= 11 is 4.83. The van der Waals surface area contributed by atoms with Gasteiger partial charge in [-0.1, -0.05) is 6.58 Å². The number of nitrogens with zero attached hydrogens (tertiary/aromatic N) is 2. The highest BCUT2D eigenvalue weighted by molar-refractivity contribution is 9.10. The molecule has 2 aliphatic rings. The van der Waals surface area contributed by atoms with Crippen molar-refractivity contribution in [3.05, 3.63) is 12.2 Å². The van der Waals surface area contributed by atoms with Crippen molar-refractivity contribution in [3.8, 4) is 0 Å². The zero-order chi connectivity index (χ0) is 13.7. The van der Waals surface area contributed by atoms with Crippen LogP contribution in [-0.4, -0.2) is 49.2 Å². The van der Waals surface area contributed by atoms with E-state index in [0.717, 1.165) is 5.71 Å². The summed E-state index contributed by atoms with van der Waals surface area (Å²) in [4.78, 5) is 29.0. The molecule has 3 atom stereocenters. The normalized spacial score (nSPS) is 34.7. The van der Waals surface area contributed by atoms with Crippen LogP contribution in [0.4, 0.5) is 0 Å². The molecule has 2 saturated heterocycles. The monoisotopic (exact) mass is 332 g/mol. The van der Waals surface area contributed by atoms with E-state index in [2.05, 4.69) is 27.5 Å². The largest absolute Gasteiger partial charge is 0.479 e. The Morgan fingerprint density at radius 3 is 2.78 bits per heavy atom. The van der Waals surface area contributed by atoms with Crippen molar-refractivity contribution in [3.63, 3.8) is 0 Å². The molecular weight excluding hydrogens is 320 g/mol. The van der Waals surface area contributed by atoms with Gasteiger partial charge in [-0.15, -0.1) is 11.8 Å². The number of β-lactam (4-membered cyclic amide) rings is 1. The van der Waals surface area contributed by atoms with Crippen LogP contribution in [0.15, 0.2) is 17.1 Å². The van der Waals surface area contributed by atoms with E-state index in [9.17, 15) is 14.7 Å². The molecular formula is C11H13BrN2O3S. The molecule has 2 heterocycles. The summed E-state index contributed by atoms with van der Waals surface area (Å²) in [5.74, 6) is -0.823. The molecule has 2 rings (SSSR count). The Hall–Kier alpha value is -0.820. The van der Waals surface area contributed by atoms with Crippen LogP contribution in [0.3, 0.4) is 0 Å². The quantitative estimate of drug-likeness (QED) is 0.273. The number of carboxylic acid groups (broad SMARTS) is 1. The third-order valence-corrected chi connectivity index (χ3v) is 5.50. The van der Waals surface area contributed by atoms with Gasteiger partial charge in [0.1, 0.15) is 5.37 Å². The van der Waals surface area contributed by atoms with Crippen LogP contribution >= 0.6 is 27.7 Å². The van der Waals surface area contributed by atoms with Crippen LogP contribution in [0, 0.1) is 0 Å². The smallest absolute Gasteiger partial charge is 0.330 e. The average molecular weight is 333 g/mol. The molecule has 2 unspecified atom stereocenters. The Balaban J connectivity index is 2.34. The molecule has 1 amide bonds. The first kappa shape index (κ1) is 13.6. The van der Waals surface area contributed by atoms with Gasteiger partial charge in [-0.3, -0.25) is 9.79 Å². The number of carboxylic acids is 1. The summed E-state index contributed by atoms with van der Waals surface area (Å²) in [5.41, 5.74) is 1.32.